The van der Waals surface area contributed by atoms with Gasteiger partial charge in [0.05, 0.1) is 6.42 Å². The van der Waals surface area contributed by atoms with Crippen LogP contribution in [0.25, 0.3) is 10.9 Å². The topological polar surface area (TPSA) is 25.2 Å². The first-order valence-corrected chi connectivity index (χ1v) is 10.2. The Morgan fingerprint density at radius 3 is 2.67 bits per heavy atom. The maximum Gasteiger partial charge on any atom is 0.227 e. The molecule has 0 spiro atoms. The zero-order valence-electron chi connectivity index (χ0n) is 16.1. The zero-order chi connectivity index (χ0) is 18.6. The fourth-order valence-corrected chi connectivity index (χ4v) is 4.50. The van der Waals surface area contributed by atoms with E-state index in [2.05, 4.69) is 46.7 Å². The minimum atomic E-state index is 0.278. The van der Waals surface area contributed by atoms with Crippen LogP contribution < -0.4 is 0 Å². The third kappa shape index (κ3) is 3.78. The van der Waals surface area contributed by atoms with Crippen molar-refractivity contribution in [1.29, 1.82) is 0 Å². The summed E-state index contributed by atoms with van der Waals surface area (Å²) in [5.41, 5.74) is 3.82. The Labute approximate surface area is 161 Å². The molecular weight excluding hydrogens is 332 g/mol. The van der Waals surface area contributed by atoms with E-state index in [9.17, 15) is 4.79 Å². The van der Waals surface area contributed by atoms with Gasteiger partial charge in [0.1, 0.15) is 0 Å². The van der Waals surface area contributed by atoms with Crippen LogP contribution in [0.15, 0.2) is 60.7 Å². The van der Waals surface area contributed by atoms with E-state index in [1.807, 2.05) is 30.3 Å². The van der Waals surface area contributed by atoms with Crippen molar-refractivity contribution in [3.8, 4) is 0 Å². The fourth-order valence-electron chi connectivity index (χ4n) is 4.50. The van der Waals surface area contributed by atoms with Crippen LogP contribution in [-0.4, -0.2) is 28.0 Å². The minimum absolute atomic E-state index is 0.278. The number of likely N-dealkylation sites (tertiary alicyclic amines) is 1. The van der Waals surface area contributed by atoms with Crippen molar-refractivity contribution in [3.05, 3.63) is 71.9 Å². The van der Waals surface area contributed by atoms with E-state index < -0.39 is 0 Å². The number of nitrogens with zero attached hydrogens (tertiary/aromatic N) is 2. The van der Waals surface area contributed by atoms with Gasteiger partial charge in [-0.25, -0.2) is 0 Å². The molecule has 1 amide bonds. The molecule has 1 aromatic heterocycles. The largest absolute Gasteiger partial charge is 0.345 e. The van der Waals surface area contributed by atoms with E-state index in [0.29, 0.717) is 12.5 Å². The molecule has 3 heteroatoms. The van der Waals surface area contributed by atoms with Crippen LogP contribution in [0.1, 0.15) is 37.4 Å². The van der Waals surface area contributed by atoms with Crippen molar-refractivity contribution in [1.82, 2.24) is 9.47 Å². The quantitative estimate of drug-likeness (QED) is 0.618. The summed E-state index contributed by atoms with van der Waals surface area (Å²) in [4.78, 5) is 15.0. The van der Waals surface area contributed by atoms with Gasteiger partial charge in [-0.2, -0.15) is 0 Å². The molecule has 1 fully saturated rings. The van der Waals surface area contributed by atoms with Crippen molar-refractivity contribution in [3.63, 3.8) is 0 Å². The van der Waals surface area contributed by atoms with Crippen LogP contribution in [0.3, 0.4) is 0 Å². The van der Waals surface area contributed by atoms with E-state index in [-0.39, 0.29) is 5.91 Å². The Bertz CT molecular complexity index is 913. The van der Waals surface area contributed by atoms with E-state index in [4.69, 9.17) is 0 Å². The van der Waals surface area contributed by atoms with Gasteiger partial charge < -0.3 is 9.47 Å². The lowest BCUT2D eigenvalue weighted by Gasteiger charge is -2.25. The molecule has 3 nitrogen and oxygen atoms in total. The molecule has 0 saturated carbocycles. The highest BCUT2D eigenvalue weighted by atomic mass is 16.2. The predicted octanol–water partition coefficient (Wildman–Crippen LogP) is 4.83. The SMILES string of the molecule is CCn1c(CC[C@@H]2CCCN2C(=O)Cc2ccccc2)cc2ccccc21. The average Bonchev–Trinajstić information content (AvgIpc) is 3.31. The van der Waals surface area contributed by atoms with Crippen LogP contribution >= 0.6 is 0 Å². The van der Waals surface area contributed by atoms with Crippen molar-refractivity contribution < 1.29 is 4.79 Å². The van der Waals surface area contributed by atoms with E-state index in [0.717, 1.165) is 44.3 Å². The summed E-state index contributed by atoms with van der Waals surface area (Å²) in [7, 11) is 0. The summed E-state index contributed by atoms with van der Waals surface area (Å²) in [5.74, 6) is 0.278. The minimum Gasteiger partial charge on any atom is -0.345 e. The highest BCUT2D eigenvalue weighted by molar-refractivity contribution is 5.81. The molecule has 1 aliphatic rings. The molecule has 3 aromatic rings. The number of hydrogen-bond donors (Lipinski definition) is 0. The van der Waals surface area contributed by atoms with Gasteiger partial charge in [-0.05, 0) is 55.7 Å². The van der Waals surface area contributed by atoms with Gasteiger partial charge >= 0.3 is 0 Å². The number of aryl methyl sites for hydroxylation is 2. The number of benzene rings is 2. The summed E-state index contributed by atoms with van der Waals surface area (Å²) in [6, 6.07) is 21.4. The molecule has 1 saturated heterocycles. The van der Waals surface area contributed by atoms with Crippen molar-refractivity contribution >= 4 is 16.8 Å². The Morgan fingerprint density at radius 1 is 1.07 bits per heavy atom. The first kappa shape index (κ1) is 17.8. The van der Waals surface area contributed by atoms with Gasteiger partial charge in [-0.3, -0.25) is 4.79 Å². The molecule has 2 aromatic carbocycles. The monoisotopic (exact) mass is 360 g/mol. The molecule has 1 aliphatic heterocycles. The predicted molar refractivity (Wildman–Crippen MR) is 111 cm³/mol. The zero-order valence-corrected chi connectivity index (χ0v) is 16.1. The number of fused-ring (bicyclic) bond motifs is 1. The highest BCUT2D eigenvalue weighted by Gasteiger charge is 2.28. The van der Waals surface area contributed by atoms with Crippen molar-refractivity contribution in [2.75, 3.05) is 6.54 Å². The van der Waals surface area contributed by atoms with Gasteiger partial charge in [0.25, 0.3) is 0 Å². The Balaban J connectivity index is 1.44. The smallest absolute Gasteiger partial charge is 0.227 e. The van der Waals surface area contributed by atoms with Crippen LogP contribution in [0.2, 0.25) is 0 Å². The summed E-state index contributed by atoms with van der Waals surface area (Å²) in [6.45, 7) is 4.11. The second kappa shape index (κ2) is 7.99. The molecule has 0 radical (unpaired) electrons. The number of aromatic nitrogens is 1. The second-order valence-corrected chi connectivity index (χ2v) is 7.52. The summed E-state index contributed by atoms with van der Waals surface area (Å²) in [5, 5.41) is 1.32. The number of carbonyl (C=O) groups is 1. The molecular formula is C24H28N2O. The average molecular weight is 361 g/mol. The van der Waals surface area contributed by atoms with Crippen LogP contribution in [0, 0.1) is 0 Å². The Kier molecular flexibility index (Phi) is 5.28. The number of hydrogen-bond acceptors (Lipinski definition) is 1. The lowest BCUT2D eigenvalue weighted by Crippen LogP contribution is -2.36. The van der Waals surface area contributed by atoms with Crippen LogP contribution in [-0.2, 0) is 24.2 Å². The third-order valence-electron chi connectivity index (χ3n) is 5.84. The number of amides is 1. The van der Waals surface area contributed by atoms with Crippen LogP contribution in [0.4, 0.5) is 0 Å². The molecule has 4 rings (SSSR count). The highest BCUT2D eigenvalue weighted by Crippen LogP contribution is 2.26. The van der Waals surface area contributed by atoms with Gasteiger partial charge in [0.2, 0.25) is 5.91 Å². The molecule has 1 atom stereocenters. The van der Waals surface area contributed by atoms with Gasteiger partial charge in [-0.15, -0.1) is 0 Å². The number of rotatable bonds is 6. The molecule has 2 heterocycles. The normalized spacial score (nSPS) is 16.9. The standard InChI is InChI=1S/C24H28N2O/c1-2-25-22(18-20-11-6-7-13-23(20)25)15-14-21-12-8-16-26(21)24(27)17-19-9-4-3-5-10-19/h3-7,9-11,13,18,21H,2,8,12,14-17H2,1H3/t21-/m0/s1. The molecule has 140 valence electrons. The molecule has 0 bridgehead atoms. The van der Waals surface area contributed by atoms with Gasteiger partial charge in [-0.1, -0.05) is 48.5 Å². The summed E-state index contributed by atoms with van der Waals surface area (Å²) < 4.78 is 2.42. The van der Waals surface area contributed by atoms with Crippen molar-refractivity contribution in [2.24, 2.45) is 0 Å². The second-order valence-electron chi connectivity index (χ2n) is 7.52. The van der Waals surface area contributed by atoms with Gasteiger partial charge in [0.15, 0.2) is 0 Å². The number of carbonyl (C=O) groups excluding carboxylic acids is 1. The molecule has 27 heavy (non-hydrogen) atoms. The van der Waals surface area contributed by atoms with Crippen molar-refractivity contribution in [2.45, 2.75) is 51.6 Å². The summed E-state index contributed by atoms with van der Waals surface area (Å²) in [6.07, 6.45) is 4.86. The van der Waals surface area contributed by atoms with E-state index in [1.54, 1.807) is 0 Å². The van der Waals surface area contributed by atoms with Crippen LogP contribution in [0.5, 0.6) is 0 Å². The summed E-state index contributed by atoms with van der Waals surface area (Å²) >= 11 is 0. The van der Waals surface area contributed by atoms with E-state index >= 15 is 0 Å². The fraction of sp³-hybridized carbons (Fsp3) is 0.375. The lowest BCUT2D eigenvalue weighted by molar-refractivity contribution is -0.131. The Morgan fingerprint density at radius 2 is 1.85 bits per heavy atom. The van der Waals surface area contributed by atoms with Gasteiger partial charge in [0, 0.05) is 30.3 Å². The Hall–Kier alpha value is -2.55. The molecule has 0 aliphatic carbocycles. The first-order valence-electron chi connectivity index (χ1n) is 10.2. The van der Waals surface area contributed by atoms with E-state index in [1.165, 1.54) is 16.6 Å². The third-order valence-corrected chi connectivity index (χ3v) is 5.84. The maximum absolute atomic E-state index is 12.8. The molecule has 0 N–H and O–H groups in total. The lowest BCUT2D eigenvalue weighted by atomic mass is 10.1. The first-order chi connectivity index (χ1) is 13.3. The number of para-hydroxylation sites is 1. The maximum atomic E-state index is 12.8. The molecule has 0 unspecified atom stereocenters.